The second-order valence-corrected chi connectivity index (χ2v) is 1.11. The Hall–Kier alpha value is -0.660. The van der Waals surface area contributed by atoms with Gasteiger partial charge in [0.15, 0.2) is 0 Å². The van der Waals surface area contributed by atoms with Gasteiger partial charge in [-0.3, -0.25) is 9.98 Å². The number of nitrogens with zero attached hydrogens (tertiary/aromatic N) is 2. The molecule has 1 rings (SSSR count). The third kappa shape index (κ3) is 3.53. The van der Waals surface area contributed by atoms with Gasteiger partial charge in [-0.05, 0) is 0 Å². The van der Waals surface area contributed by atoms with Crippen LogP contribution in [0.4, 0.5) is 0 Å². The van der Waals surface area contributed by atoms with E-state index in [9.17, 15) is 0 Å². The molecule has 0 radical (unpaired) electrons. The Morgan fingerprint density at radius 1 is 1.00 bits per heavy atom. The van der Waals surface area contributed by atoms with Gasteiger partial charge in [-0.15, -0.1) is 0 Å². The van der Waals surface area contributed by atoms with Crippen molar-refractivity contribution >= 4 is 12.4 Å². The number of hydrogen-bond donors (Lipinski definition) is 0. The van der Waals surface area contributed by atoms with Crippen molar-refractivity contribution in [2.45, 2.75) is 13.8 Å². The summed E-state index contributed by atoms with van der Waals surface area (Å²) < 4.78 is 0. The summed E-state index contributed by atoms with van der Waals surface area (Å²) in [6.45, 7) is 5.74. The molecular weight excluding hydrogens is 100 g/mol. The van der Waals surface area contributed by atoms with Gasteiger partial charge < -0.3 is 0 Å². The lowest BCUT2D eigenvalue weighted by Crippen LogP contribution is -1.94. The highest BCUT2D eigenvalue weighted by molar-refractivity contribution is 6.16. The molecule has 0 unspecified atom stereocenters. The molecule has 1 aliphatic rings. The molecule has 46 valence electrons. The third-order valence-electron chi connectivity index (χ3n) is 0.636. The molecule has 0 saturated carbocycles. The quantitative estimate of drug-likeness (QED) is 0.449. The van der Waals surface area contributed by atoms with Gasteiger partial charge in [0, 0.05) is 12.4 Å². The normalized spacial score (nSPS) is 14.8. The molecule has 0 atom stereocenters. The summed E-state index contributed by atoms with van der Waals surface area (Å²) in [4.78, 5) is 7.81. The van der Waals surface area contributed by atoms with Crippen LogP contribution in [-0.4, -0.2) is 25.5 Å². The SMILES string of the molecule is C1=NCCN=C1.CC. The Balaban J connectivity index is 0.000000222. The average molecular weight is 112 g/mol. The first-order valence-electron chi connectivity index (χ1n) is 2.98. The maximum Gasteiger partial charge on any atom is 0.0585 e. The molecule has 2 nitrogen and oxygen atoms in total. The van der Waals surface area contributed by atoms with E-state index >= 15 is 0 Å². The van der Waals surface area contributed by atoms with Crippen molar-refractivity contribution in [1.29, 1.82) is 0 Å². The van der Waals surface area contributed by atoms with Crippen molar-refractivity contribution in [3.05, 3.63) is 0 Å². The molecule has 0 aromatic heterocycles. The van der Waals surface area contributed by atoms with Crippen LogP contribution in [-0.2, 0) is 0 Å². The molecule has 0 N–H and O–H groups in total. The molecule has 0 fully saturated rings. The Morgan fingerprint density at radius 3 is 1.50 bits per heavy atom. The largest absolute Gasteiger partial charge is 0.290 e. The molecule has 0 saturated heterocycles. The molecular formula is C6H12N2. The van der Waals surface area contributed by atoms with Crippen LogP contribution in [0.1, 0.15) is 13.8 Å². The van der Waals surface area contributed by atoms with Gasteiger partial charge in [0.2, 0.25) is 0 Å². The predicted octanol–water partition coefficient (Wildman–Crippen LogP) is 1.17. The van der Waals surface area contributed by atoms with Crippen LogP contribution in [0, 0.1) is 0 Å². The predicted molar refractivity (Wildman–Crippen MR) is 38.1 cm³/mol. The minimum absolute atomic E-state index is 0.872. The number of hydrogen-bond acceptors (Lipinski definition) is 2. The maximum atomic E-state index is 3.90. The minimum atomic E-state index is 0.872. The summed E-state index contributed by atoms with van der Waals surface area (Å²) in [5, 5.41) is 0. The summed E-state index contributed by atoms with van der Waals surface area (Å²) in [7, 11) is 0. The fraction of sp³-hybridized carbons (Fsp3) is 0.667. The monoisotopic (exact) mass is 112 g/mol. The van der Waals surface area contributed by atoms with E-state index in [-0.39, 0.29) is 0 Å². The zero-order valence-electron chi connectivity index (χ0n) is 5.46. The molecule has 0 aromatic carbocycles. The Morgan fingerprint density at radius 2 is 1.38 bits per heavy atom. The number of aliphatic imine (C=N–C) groups is 2. The van der Waals surface area contributed by atoms with Gasteiger partial charge in [0.25, 0.3) is 0 Å². The van der Waals surface area contributed by atoms with Crippen molar-refractivity contribution in [2.24, 2.45) is 9.98 Å². The Labute approximate surface area is 50.4 Å². The molecule has 0 amide bonds. The zero-order chi connectivity index (χ0) is 6.24. The van der Waals surface area contributed by atoms with E-state index in [2.05, 4.69) is 9.98 Å². The van der Waals surface area contributed by atoms with E-state index < -0.39 is 0 Å². The first-order valence-corrected chi connectivity index (χ1v) is 2.98. The summed E-state index contributed by atoms with van der Waals surface area (Å²) in [6.07, 6.45) is 3.45. The number of rotatable bonds is 0. The first kappa shape index (κ1) is 7.34. The van der Waals surface area contributed by atoms with E-state index in [4.69, 9.17) is 0 Å². The van der Waals surface area contributed by atoms with Crippen LogP contribution < -0.4 is 0 Å². The van der Waals surface area contributed by atoms with Gasteiger partial charge in [-0.2, -0.15) is 0 Å². The fourth-order valence-electron chi connectivity index (χ4n) is 0.359. The summed E-state index contributed by atoms with van der Waals surface area (Å²) in [6, 6.07) is 0. The third-order valence-corrected chi connectivity index (χ3v) is 0.636. The molecule has 0 bridgehead atoms. The highest BCUT2D eigenvalue weighted by Crippen LogP contribution is 1.74. The molecule has 0 aliphatic carbocycles. The molecule has 0 spiro atoms. The van der Waals surface area contributed by atoms with Crippen molar-refractivity contribution in [1.82, 2.24) is 0 Å². The van der Waals surface area contributed by atoms with Crippen LogP contribution in [0.5, 0.6) is 0 Å². The van der Waals surface area contributed by atoms with Gasteiger partial charge >= 0.3 is 0 Å². The van der Waals surface area contributed by atoms with Crippen LogP contribution in [0.2, 0.25) is 0 Å². The topological polar surface area (TPSA) is 24.7 Å². The molecule has 2 heteroatoms. The van der Waals surface area contributed by atoms with Crippen LogP contribution in [0.3, 0.4) is 0 Å². The Bertz CT molecular complexity index is 72.5. The first-order chi connectivity index (χ1) is 4.00. The standard InChI is InChI=1S/C4H6N2.C2H6/c1-2-6-4-3-5-1;1-2/h1-2H,3-4H2;1-2H3. The lowest BCUT2D eigenvalue weighted by Gasteiger charge is -1.89. The average Bonchev–Trinajstić information content (AvgIpc) is 1.96. The van der Waals surface area contributed by atoms with E-state index in [0.717, 1.165) is 13.1 Å². The van der Waals surface area contributed by atoms with E-state index in [1.807, 2.05) is 13.8 Å². The molecule has 8 heavy (non-hydrogen) atoms. The summed E-state index contributed by atoms with van der Waals surface area (Å²) in [5.74, 6) is 0. The van der Waals surface area contributed by atoms with Gasteiger partial charge in [0.05, 0.1) is 13.1 Å². The van der Waals surface area contributed by atoms with Gasteiger partial charge in [-0.25, -0.2) is 0 Å². The molecule has 0 aromatic rings. The summed E-state index contributed by atoms with van der Waals surface area (Å²) in [5.41, 5.74) is 0. The highest BCUT2D eigenvalue weighted by Gasteiger charge is 1.78. The van der Waals surface area contributed by atoms with E-state index in [1.54, 1.807) is 12.4 Å². The Kier molecular flexibility index (Phi) is 5.82. The van der Waals surface area contributed by atoms with Gasteiger partial charge in [0.1, 0.15) is 0 Å². The van der Waals surface area contributed by atoms with E-state index in [1.165, 1.54) is 0 Å². The second-order valence-electron chi connectivity index (χ2n) is 1.11. The van der Waals surface area contributed by atoms with Crippen LogP contribution in [0.15, 0.2) is 9.98 Å². The highest BCUT2D eigenvalue weighted by atomic mass is 14.8. The van der Waals surface area contributed by atoms with Crippen LogP contribution >= 0.6 is 0 Å². The fourth-order valence-corrected chi connectivity index (χ4v) is 0.359. The van der Waals surface area contributed by atoms with Crippen molar-refractivity contribution in [3.63, 3.8) is 0 Å². The lowest BCUT2D eigenvalue weighted by molar-refractivity contribution is 0.977. The lowest BCUT2D eigenvalue weighted by atomic mass is 10.6. The van der Waals surface area contributed by atoms with Crippen LogP contribution in [0.25, 0.3) is 0 Å². The summed E-state index contributed by atoms with van der Waals surface area (Å²) >= 11 is 0. The minimum Gasteiger partial charge on any atom is -0.290 e. The smallest absolute Gasteiger partial charge is 0.0585 e. The van der Waals surface area contributed by atoms with Crippen molar-refractivity contribution in [3.8, 4) is 0 Å². The second kappa shape index (κ2) is 6.34. The van der Waals surface area contributed by atoms with Crippen molar-refractivity contribution < 1.29 is 0 Å². The maximum absolute atomic E-state index is 3.90. The molecule has 1 heterocycles. The molecule has 1 aliphatic heterocycles. The zero-order valence-corrected chi connectivity index (χ0v) is 5.46. The van der Waals surface area contributed by atoms with E-state index in [0.29, 0.717) is 0 Å². The van der Waals surface area contributed by atoms with Crippen molar-refractivity contribution in [2.75, 3.05) is 13.1 Å². The van der Waals surface area contributed by atoms with Gasteiger partial charge in [-0.1, -0.05) is 13.8 Å².